The zero-order valence-electron chi connectivity index (χ0n) is 6.80. The Morgan fingerprint density at radius 3 is 2.73 bits per heavy atom. The second-order valence-corrected chi connectivity index (χ2v) is 5.56. The molecule has 0 N–H and O–H groups in total. The van der Waals surface area contributed by atoms with Gasteiger partial charge < -0.3 is 0 Å². The van der Waals surface area contributed by atoms with Crippen LogP contribution in [0.2, 0.25) is 5.21 Å². The van der Waals surface area contributed by atoms with Gasteiger partial charge in [-0.1, -0.05) is 0 Å². The fourth-order valence-electron chi connectivity index (χ4n) is 1.03. The van der Waals surface area contributed by atoms with Crippen LogP contribution in [-0.4, -0.2) is 51.7 Å². The van der Waals surface area contributed by atoms with Crippen LogP contribution in [0.5, 0.6) is 0 Å². The maximum absolute atomic E-state index is 11.3. The Hall–Kier alpha value is -0.0116. The molecule has 64 valence electrons. The van der Waals surface area contributed by atoms with Crippen molar-refractivity contribution >= 4 is 20.4 Å². The molecule has 1 amide bonds. The summed E-state index contributed by atoms with van der Waals surface area (Å²) in [5, 5.41) is 1.07. The number of hydrogen-bond acceptors (Lipinski definition) is 2. The van der Waals surface area contributed by atoms with Gasteiger partial charge in [-0.3, -0.25) is 0 Å². The van der Waals surface area contributed by atoms with Gasteiger partial charge in [0.15, 0.2) is 0 Å². The van der Waals surface area contributed by atoms with Gasteiger partial charge in [-0.25, -0.2) is 0 Å². The fourth-order valence-corrected chi connectivity index (χ4v) is 2.60. The summed E-state index contributed by atoms with van der Waals surface area (Å²) < 4.78 is 5.55. The van der Waals surface area contributed by atoms with Gasteiger partial charge >= 0.3 is 73.3 Å². The topological polar surface area (TPSA) is 29.5 Å². The molecule has 0 spiro atoms. The van der Waals surface area contributed by atoms with Gasteiger partial charge in [0.25, 0.3) is 0 Å². The number of carbonyl (C=O) groups excluding carboxylic acids is 1. The van der Waals surface area contributed by atoms with Crippen LogP contribution < -0.4 is 0 Å². The van der Waals surface area contributed by atoms with E-state index in [9.17, 15) is 4.79 Å². The molecule has 0 radical (unpaired) electrons. The minimum absolute atomic E-state index is 0.353. The van der Waals surface area contributed by atoms with Gasteiger partial charge in [0.05, 0.1) is 0 Å². The summed E-state index contributed by atoms with van der Waals surface area (Å²) in [6, 6.07) is 0. The van der Waals surface area contributed by atoms with Gasteiger partial charge in [-0.05, 0) is 0 Å². The van der Waals surface area contributed by atoms with Crippen LogP contribution in [0.1, 0.15) is 6.92 Å². The zero-order chi connectivity index (χ0) is 8.10. The third-order valence-corrected chi connectivity index (χ3v) is 3.67. The Morgan fingerprint density at radius 1 is 1.55 bits per heavy atom. The molecular weight excluding hydrogens is 205 g/mol. The van der Waals surface area contributed by atoms with Crippen molar-refractivity contribution in [1.82, 2.24) is 4.90 Å². The summed E-state index contributed by atoms with van der Waals surface area (Å²) in [5.74, 6) is 0. The number of amides is 1. The van der Waals surface area contributed by atoms with E-state index >= 15 is 0 Å². The summed E-state index contributed by atoms with van der Waals surface area (Å²) in [5.41, 5.74) is 0. The molecule has 1 unspecified atom stereocenters. The molecule has 1 saturated heterocycles. The number of hydrogen-bond donors (Lipinski definition) is 0. The van der Waals surface area contributed by atoms with Crippen molar-refractivity contribution in [2.75, 3.05) is 26.3 Å². The van der Waals surface area contributed by atoms with Crippen molar-refractivity contribution in [1.29, 1.82) is 0 Å². The first-order valence-electron chi connectivity index (χ1n) is 3.95. The van der Waals surface area contributed by atoms with Crippen LogP contribution in [0, 0.1) is 0 Å². The molecule has 3 nitrogen and oxygen atoms in total. The summed E-state index contributed by atoms with van der Waals surface area (Å²) in [6.45, 7) is 5.15. The van der Waals surface area contributed by atoms with E-state index in [0.29, 0.717) is 4.69 Å². The molecule has 0 aromatic heterocycles. The zero-order valence-corrected chi connectivity index (χ0v) is 8.90. The molecule has 1 fully saturated rings. The van der Waals surface area contributed by atoms with Crippen molar-refractivity contribution in [3.05, 3.63) is 0 Å². The van der Waals surface area contributed by atoms with Crippen LogP contribution in [0.3, 0.4) is 0 Å². The standard InChI is InChI=1S/C7H14AsNO2/c1-2-8-7(10)9-3-5-11-6-4-9/h8H,2-6H2,1H3. The van der Waals surface area contributed by atoms with Gasteiger partial charge in [0.2, 0.25) is 0 Å². The first-order chi connectivity index (χ1) is 5.34. The first kappa shape index (κ1) is 9.08. The number of nitrogens with zero attached hydrogens (tertiary/aromatic N) is 1. The SMILES string of the molecule is CC[AsH]C(=O)N1CCOCC1. The van der Waals surface area contributed by atoms with E-state index in [1.807, 2.05) is 4.90 Å². The van der Waals surface area contributed by atoms with Crippen molar-refractivity contribution < 1.29 is 9.53 Å². The third kappa shape index (κ3) is 2.84. The molecule has 0 aromatic rings. The van der Waals surface area contributed by atoms with E-state index in [0.717, 1.165) is 31.5 Å². The Kier molecular flexibility index (Phi) is 3.95. The van der Waals surface area contributed by atoms with Crippen molar-refractivity contribution in [2.24, 2.45) is 0 Å². The minimum atomic E-state index is -0.353. The van der Waals surface area contributed by atoms with Crippen molar-refractivity contribution in [3.63, 3.8) is 0 Å². The molecule has 1 heterocycles. The molecule has 0 aliphatic carbocycles. The van der Waals surface area contributed by atoms with E-state index in [-0.39, 0.29) is 15.8 Å². The number of rotatable bonds is 2. The maximum atomic E-state index is 11.3. The molecule has 4 heteroatoms. The second kappa shape index (κ2) is 4.78. The van der Waals surface area contributed by atoms with E-state index in [1.165, 1.54) is 0 Å². The Morgan fingerprint density at radius 2 is 2.18 bits per heavy atom. The Labute approximate surface area is 73.8 Å². The van der Waals surface area contributed by atoms with Gasteiger partial charge in [-0.15, -0.1) is 0 Å². The predicted molar refractivity (Wildman–Crippen MR) is 45.4 cm³/mol. The summed E-state index contributed by atoms with van der Waals surface area (Å²) in [7, 11) is 0. The van der Waals surface area contributed by atoms with Crippen LogP contribution in [0.15, 0.2) is 0 Å². The van der Waals surface area contributed by atoms with Crippen LogP contribution in [-0.2, 0) is 4.74 Å². The summed E-state index contributed by atoms with van der Waals surface area (Å²) in [6.07, 6.45) is 0. The first-order valence-corrected chi connectivity index (χ1v) is 6.48. The van der Waals surface area contributed by atoms with E-state index in [1.54, 1.807) is 0 Å². The monoisotopic (exact) mass is 219 g/mol. The molecule has 11 heavy (non-hydrogen) atoms. The molecule has 0 bridgehead atoms. The number of carbonyl (C=O) groups is 1. The van der Waals surface area contributed by atoms with E-state index in [2.05, 4.69) is 6.92 Å². The molecule has 1 atom stereocenters. The Balaban J connectivity index is 2.27. The van der Waals surface area contributed by atoms with Crippen molar-refractivity contribution in [2.45, 2.75) is 12.1 Å². The van der Waals surface area contributed by atoms with Gasteiger partial charge in [0, 0.05) is 0 Å². The van der Waals surface area contributed by atoms with Crippen LogP contribution in [0.25, 0.3) is 0 Å². The number of ether oxygens (including phenoxy) is 1. The Bertz CT molecular complexity index is 134. The van der Waals surface area contributed by atoms with Gasteiger partial charge in [-0.2, -0.15) is 0 Å². The van der Waals surface area contributed by atoms with Crippen LogP contribution in [0.4, 0.5) is 4.79 Å². The quantitative estimate of drug-likeness (QED) is 0.625. The molecule has 1 aliphatic heterocycles. The third-order valence-electron chi connectivity index (χ3n) is 1.63. The van der Waals surface area contributed by atoms with E-state index < -0.39 is 0 Å². The van der Waals surface area contributed by atoms with Crippen LogP contribution >= 0.6 is 0 Å². The van der Waals surface area contributed by atoms with Crippen molar-refractivity contribution in [3.8, 4) is 0 Å². The molecule has 0 saturated carbocycles. The van der Waals surface area contributed by atoms with Gasteiger partial charge in [0.1, 0.15) is 0 Å². The molecule has 1 rings (SSSR count). The summed E-state index contributed by atoms with van der Waals surface area (Å²) >= 11 is -0.353. The average molecular weight is 219 g/mol. The normalized spacial score (nSPS) is 19.5. The molecular formula is C7H14AsNO2. The summed E-state index contributed by atoms with van der Waals surface area (Å²) in [4.78, 5) is 13.3. The fraction of sp³-hybridized carbons (Fsp3) is 0.857. The molecule has 0 aromatic carbocycles. The predicted octanol–water partition coefficient (Wildman–Crippen LogP) is 0.313. The number of morpholine rings is 1. The van der Waals surface area contributed by atoms with E-state index in [4.69, 9.17) is 4.74 Å². The second-order valence-electron chi connectivity index (χ2n) is 2.43. The molecule has 1 aliphatic rings. The average Bonchev–Trinajstić information content (AvgIpc) is 2.07.